The highest BCUT2D eigenvalue weighted by Crippen LogP contribution is 2.16. The van der Waals surface area contributed by atoms with Gasteiger partial charge in [-0.05, 0) is 18.6 Å². The fraction of sp³-hybridized carbons (Fsp3) is 0.364. The molecule has 1 aromatic heterocycles. The first kappa shape index (κ1) is 11.7. The predicted molar refractivity (Wildman–Crippen MR) is 63.6 cm³/mol. The molecular formula is C11H11ClN4O. The Morgan fingerprint density at radius 2 is 2.41 bits per heavy atom. The van der Waals surface area contributed by atoms with Crippen LogP contribution in [-0.4, -0.2) is 23.5 Å². The van der Waals surface area contributed by atoms with Gasteiger partial charge < -0.3 is 10.6 Å². The Labute approximate surface area is 104 Å². The van der Waals surface area contributed by atoms with E-state index in [4.69, 9.17) is 16.9 Å². The molecule has 2 heterocycles. The van der Waals surface area contributed by atoms with Crippen molar-refractivity contribution >= 4 is 23.3 Å². The minimum atomic E-state index is 0.0693. The average Bonchev–Trinajstić information content (AvgIpc) is 2.31. The summed E-state index contributed by atoms with van der Waals surface area (Å²) in [6.07, 6.45) is 1.26. The number of rotatable bonds is 2. The first-order chi connectivity index (χ1) is 8.17. The summed E-state index contributed by atoms with van der Waals surface area (Å²) in [5, 5.41) is 15.0. The summed E-state index contributed by atoms with van der Waals surface area (Å²) in [5.74, 6) is 0.634. The van der Waals surface area contributed by atoms with Gasteiger partial charge in [0, 0.05) is 19.0 Å². The van der Waals surface area contributed by atoms with Crippen LogP contribution < -0.4 is 10.6 Å². The third kappa shape index (κ3) is 3.08. The molecule has 0 saturated carbocycles. The summed E-state index contributed by atoms with van der Waals surface area (Å²) in [6, 6.07) is 5.30. The van der Waals surface area contributed by atoms with E-state index >= 15 is 0 Å². The van der Waals surface area contributed by atoms with Crippen molar-refractivity contribution in [1.82, 2.24) is 10.3 Å². The maximum atomic E-state index is 11.0. The van der Waals surface area contributed by atoms with Crippen molar-refractivity contribution in [2.45, 2.75) is 18.9 Å². The number of piperidine rings is 1. The Morgan fingerprint density at radius 3 is 3.06 bits per heavy atom. The lowest BCUT2D eigenvalue weighted by atomic mass is 10.1. The molecular weight excluding hydrogens is 240 g/mol. The van der Waals surface area contributed by atoms with E-state index in [2.05, 4.69) is 15.6 Å². The van der Waals surface area contributed by atoms with Crippen LogP contribution >= 0.6 is 11.6 Å². The molecule has 0 spiro atoms. The number of hydrogen-bond acceptors (Lipinski definition) is 4. The molecule has 17 heavy (non-hydrogen) atoms. The van der Waals surface area contributed by atoms with E-state index in [1.165, 1.54) is 6.07 Å². The predicted octanol–water partition coefficient (Wildman–Crippen LogP) is 1.30. The number of halogens is 1. The van der Waals surface area contributed by atoms with Gasteiger partial charge in [0.1, 0.15) is 11.0 Å². The minimum Gasteiger partial charge on any atom is -0.365 e. The van der Waals surface area contributed by atoms with E-state index in [9.17, 15) is 4.79 Å². The van der Waals surface area contributed by atoms with Gasteiger partial charge in [0.15, 0.2) is 0 Å². The van der Waals surface area contributed by atoms with E-state index in [0.29, 0.717) is 24.3 Å². The number of anilines is 1. The molecule has 1 aromatic rings. The Morgan fingerprint density at radius 1 is 1.59 bits per heavy atom. The van der Waals surface area contributed by atoms with Gasteiger partial charge in [-0.1, -0.05) is 11.6 Å². The number of amides is 1. The molecule has 0 aromatic carbocycles. The van der Waals surface area contributed by atoms with Crippen molar-refractivity contribution in [2.75, 3.05) is 11.9 Å². The van der Waals surface area contributed by atoms with Crippen LogP contribution in [0, 0.1) is 11.3 Å². The van der Waals surface area contributed by atoms with Gasteiger partial charge in [0.05, 0.1) is 11.6 Å². The van der Waals surface area contributed by atoms with Crippen LogP contribution in [0.4, 0.5) is 5.82 Å². The van der Waals surface area contributed by atoms with E-state index < -0.39 is 0 Å². The summed E-state index contributed by atoms with van der Waals surface area (Å²) in [5.41, 5.74) is 0.465. The van der Waals surface area contributed by atoms with Crippen molar-refractivity contribution in [2.24, 2.45) is 0 Å². The molecule has 0 radical (unpaired) electrons. The van der Waals surface area contributed by atoms with Gasteiger partial charge in [-0.15, -0.1) is 0 Å². The van der Waals surface area contributed by atoms with Gasteiger partial charge in [0.2, 0.25) is 5.91 Å². The lowest BCUT2D eigenvalue weighted by Gasteiger charge is -2.23. The van der Waals surface area contributed by atoms with Crippen molar-refractivity contribution in [1.29, 1.82) is 5.26 Å². The van der Waals surface area contributed by atoms with Crippen LogP contribution in [0.2, 0.25) is 5.15 Å². The molecule has 2 N–H and O–H groups in total. The quantitative estimate of drug-likeness (QED) is 0.776. The molecule has 1 atom stereocenters. The molecule has 1 unspecified atom stereocenters. The summed E-state index contributed by atoms with van der Waals surface area (Å²) < 4.78 is 0. The second kappa shape index (κ2) is 5.02. The van der Waals surface area contributed by atoms with Gasteiger partial charge in [-0.2, -0.15) is 5.26 Å². The van der Waals surface area contributed by atoms with E-state index in [1.807, 2.05) is 6.07 Å². The lowest BCUT2D eigenvalue weighted by molar-refractivity contribution is -0.122. The zero-order valence-corrected chi connectivity index (χ0v) is 9.79. The van der Waals surface area contributed by atoms with Crippen LogP contribution in [0.3, 0.4) is 0 Å². The van der Waals surface area contributed by atoms with E-state index in [1.54, 1.807) is 6.07 Å². The SMILES string of the molecule is N#Cc1cc(Cl)nc(NC2CCC(=O)NC2)c1. The van der Waals surface area contributed by atoms with Gasteiger partial charge in [0.25, 0.3) is 0 Å². The van der Waals surface area contributed by atoms with Crippen molar-refractivity contribution in [3.05, 3.63) is 22.8 Å². The standard InChI is InChI=1S/C11H11ClN4O/c12-9-3-7(5-13)4-10(16-9)15-8-1-2-11(17)14-6-8/h3-4,8H,1-2,6H2,(H,14,17)(H,15,16). The van der Waals surface area contributed by atoms with Crippen LogP contribution in [0.15, 0.2) is 12.1 Å². The maximum Gasteiger partial charge on any atom is 0.220 e. The van der Waals surface area contributed by atoms with Crippen LogP contribution in [0.25, 0.3) is 0 Å². The van der Waals surface area contributed by atoms with Crippen LogP contribution in [-0.2, 0) is 4.79 Å². The van der Waals surface area contributed by atoms with Gasteiger partial charge >= 0.3 is 0 Å². The fourth-order valence-corrected chi connectivity index (χ4v) is 1.91. The second-order valence-corrected chi connectivity index (χ2v) is 4.25. The molecule has 1 aliphatic heterocycles. The highest BCUT2D eigenvalue weighted by Gasteiger charge is 2.18. The number of carbonyl (C=O) groups is 1. The Bertz CT molecular complexity index is 473. The van der Waals surface area contributed by atoms with Crippen molar-refractivity contribution in [3.8, 4) is 6.07 Å². The van der Waals surface area contributed by atoms with Gasteiger partial charge in [-0.25, -0.2) is 4.98 Å². The maximum absolute atomic E-state index is 11.0. The molecule has 1 aliphatic rings. The van der Waals surface area contributed by atoms with Crippen LogP contribution in [0.1, 0.15) is 18.4 Å². The Kier molecular flexibility index (Phi) is 3.45. The molecule has 0 aliphatic carbocycles. The monoisotopic (exact) mass is 250 g/mol. The highest BCUT2D eigenvalue weighted by atomic mass is 35.5. The number of pyridine rings is 1. The third-order valence-electron chi connectivity index (χ3n) is 2.54. The lowest BCUT2D eigenvalue weighted by Crippen LogP contribution is -2.42. The second-order valence-electron chi connectivity index (χ2n) is 3.86. The molecule has 6 heteroatoms. The third-order valence-corrected chi connectivity index (χ3v) is 2.73. The summed E-state index contributed by atoms with van der Waals surface area (Å²) in [7, 11) is 0. The number of hydrogen-bond donors (Lipinski definition) is 2. The molecule has 88 valence electrons. The molecule has 1 fully saturated rings. The fourth-order valence-electron chi connectivity index (χ4n) is 1.70. The molecule has 1 amide bonds. The normalized spacial score (nSPS) is 19.3. The minimum absolute atomic E-state index is 0.0693. The van der Waals surface area contributed by atoms with Crippen molar-refractivity contribution < 1.29 is 4.79 Å². The zero-order valence-electron chi connectivity index (χ0n) is 9.03. The number of nitriles is 1. The average molecular weight is 251 g/mol. The smallest absolute Gasteiger partial charge is 0.220 e. The number of nitrogens with zero attached hydrogens (tertiary/aromatic N) is 2. The Hall–Kier alpha value is -1.80. The first-order valence-corrected chi connectivity index (χ1v) is 5.66. The summed E-state index contributed by atoms with van der Waals surface area (Å²) in [6.45, 7) is 0.564. The molecule has 2 rings (SSSR count). The summed E-state index contributed by atoms with van der Waals surface area (Å²) in [4.78, 5) is 15.1. The Balaban J connectivity index is 2.06. The number of nitrogens with one attached hydrogen (secondary N) is 2. The van der Waals surface area contributed by atoms with E-state index in [-0.39, 0.29) is 17.1 Å². The summed E-state index contributed by atoms with van der Waals surface area (Å²) >= 11 is 5.80. The van der Waals surface area contributed by atoms with Gasteiger partial charge in [-0.3, -0.25) is 4.79 Å². The topological polar surface area (TPSA) is 77.8 Å². The highest BCUT2D eigenvalue weighted by molar-refractivity contribution is 6.29. The van der Waals surface area contributed by atoms with Crippen molar-refractivity contribution in [3.63, 3.8) is 0 Å². The zero-order chi connectivity index (χ0) is 12.3. The molecule has 5 nitrogen and oxygen atoms in total. The largest absolute Gasteiger partial charge is 0.365 e. The van der Waals surface area contributed by atoms with Crippen LogP contribution in [0.5, 0.6) is 0 Å². The molecule has 1 saturated heterocycles. The molecule has 0 bridgehead atoms. The van der Waals surface area contributed by atoms with E-state index in [0.717, 1.165) is 6.42 Å². The number of aromatic nitrogens is 1. The number of carbonyl (C=O) groups excluding carboxylic acids is 1. The first-order valence-electron chi connectivity index (χ1n) is 5.28.